The van der Waals surface area contributed by atoms with Gasteiger partial charge in [0.15, 0.2) is 0 Å². The summed E-state index contributed by atoms with van der Waals surface area (Å²) >= 11 is 0. The van der Waals surface area contributed by atoms with Crippen molar-refractivity contribution in [3.63, 3.8) is 0 Å². The summed E-state index contributed by atoms with van der Waals surface area (Å²) < 4.78 is 0. The van der Waals surface area contributed by atoms with E-state index in [1.54, 1.807) is 0 Å². The number of carbonyl (C=O) groups excluding carboxylic acids is 1. The van der Waals surface area contributed by atoms with Crippen molar-refractivity contribution in [1.82, 2.24) is 10.2 Å². The van der Waals surface area contributed by atoms with Crippen LogP contribution in [0.1, 0.15) is 53.4 Å². The molecule has 106 valence electrons. The Hall–Kier alpha value is -0.730. The summed E-state index contributed by atoms with van der Waals surface area (Å²) in [5.74, 6) is 2.28. The summed E-state index contributed by atoms with van der Waals surface area (Å²) in [6.45, 7) is 11.7. The van der Waals surface area contributed by atoms with Crippen LogP contribution in [0.15, 0.2) is 0 Å². The van der Waals surface area contributed by atoms with Crippen LogP contribution in [0.4, 0.5) is 4.79 Å². The number of nitrogens with zero attached hydrogens (tertiary/aromatic N) is 1. The smallest absolute Gasteiger partial charge is 0.317 e. The highest BCUT2D eigenvalue weighted by Crippen LogP contribution is 2.24. The minimum atomic E-state index is 0.140. The average molecular weight is 254 g/mol. The minimum Gasteiger partial charge on any atom is -0.338 e. The Labute approximate surface area is 112 Å². The van der Waals surface area contributed by atoms with E-state index in [2.05, 4.69) is 33.0 Å². The van der Waals surface area contributed by atoms with Crippen LogP contribution in [0, 0.1) is 17.8 Å². The number of piperidine rings is 1. The Kier molecular flexibility index (Phi) is 6.51. The summed E-state index contributed by atoms with van der Waals surface area (Å²) in [5, 5.41) is 3.04. The maximum atomic E-state index is 11.9. The molecule has 1 aliphatic heterocycles. The van der Waals surface area contributed by atoms with Gasteiger partial charge < -0.3 is 10.2 Å². The maximum absolute atomic E-state index is 11.9. The van der Waals surface area contributed by atoms with Gasteiger partial charge in [0.25, 0.3) is 0 Å². The molecule has 0 aromatic heterocycles. The number of carbonyl (C=O) groups is 1. The van der Waals surface area contributed by atoms with E-state index in [-0.39, 0.29) is 6.03 Å². The first-order valence-corrected chi connectivity index (χ1v) is 7.53. The molecule has 1 saturated heterocycles. The molecule has 0 spiro atoms. The van der Waals surface area contributed by atoms with Crippen LogP contribution in [0.3, 0.4) is 0 Å². The normalized spacial score (nSPS) is 17.6. The molecule has 18 heavy (non-hydrogen) atoms. The predicted octanol–water partition coefficient (Wildman–Crippen LogP) is 3.50. The number of amides is 2. The first-order chi connectivity index (χ1) is 8.50. The van der Waals surface area contributed by atoms with Gasteiger partial charge in [0.1, 0.15) is 0 Å². The number of hydrogen-bond acceptors (Lipinski definition) is 1. The SMILES string of the molecule is CC(C)CCCNC(=O)N1CCC(C(C)C)CC1. The van der Waals surface area contributed by atoms with Crippen LogP contribution in [-0.4, -0.2) is 30.6 Å². The lowest BCUT2D eigenvalue weighted by atomic mass is 9.87. The van der Waals surface area contributed by atoms with Crippen LogP contribution in [0.5, 0.6) is 0 Å². The van der Waals surface area contributed by atoms with Gasteiger partial charge in [-0.25, -0.2) is 4.79 Å². The summed E-state index contributed by atoms with van der Waals surface area (Å²) in [7, 11) is 0. The third kappa shape index (κ3) is 5.28. The molecular weight excluding hydrogens is 224 g/mol. The van der Waals surface area contributed by atoms with Gasteiger partial charge in [-0.05, 0) is 43.4 Å². The van der Waals surface area contributed by atoms with E-state index in [9.17, 15) is 4.79 Å². The lowest BCUT2D eigenvalue weighted by molar-refractivity contribution is 0.156. The second kappa shape index (κ2) is 7.65. The molecule has 2 amide bonds. The Morgan fingerprint density at radius 3 is 2.33 bits per heavy atom. The molecule has 0 aliphatic carbocycles. The first-order valence-electron chi connectivity index (χ1n) is 7.53. The van der Waals surface area contributed by atoms with E-state index >= 15 is 0 Å². The zero-order valence-electron chi connectivity index (χ0n) is 12.5. The molecule has 3 nitrogen and oxygen atoms in total. The molecule has 1 aliphatic rings. The molecule has 1 fully saturated rings. The Balaban J connectivity index is 2.16. The van der Waals surface area contributed by atoms with Crippen molar-refractivity contribution in [3.8, 4) is 0 Å². The van der Waals surface area contributed by atoms with Crippen molar-refractivity contribution >= 4 is 6.03 Å². The second-order valence-electron chi connectivity index (χ2n) is 6.34. The second-order valence-corrected chi connectivity index (χ2v) is 6.34. The van der Waals surface area contributed by atoms with E-state index < -0.39 is 0 Å². The van der Waals surface area contributed by atoms with Gasteiger partial charge in [-0.15, -0.1) is 0 Å². The number of urea groups is 1. The van der Waals surface area contributed by atoms with Crippen LogP contribution < -0.4 is 5.32 Å². The van der Waals surface area contributed by atoms with E-state index in [0.29, 0.717) is 0 Å². The van der Waals surface area contributed by atoms with Crippen molar-refractivity contribution in [2.75, 3.05) is 19.6 Å². The zero-order chi connectivity index (χ0) is 13.5. The van der Waals surface area contributed by atoms with Gasteiger partial charge in [-0.1, -0.05) is 27.7 Å². The van der Waals surface area contributed by atoms with E-state index in [1.807, 2.05) is 4.90 Å². The summed E-state index contributed by atoms with van der Waals surface area (Å²) in [6.07, 6.45) is 4.61. The van der Waals surface area contributed by atoms with Gasteiger partial charge in [-0.2, -0.15) is 0 Å². The highest BCUT2D eigenvalue weighted by atomic mass is 16.2. The molecule has 1 heterocycles. The summed E-state index contributed by atoms with van der Waals surface area (Å²) in [5.41, 5.74) is 0. The molecule has 0 aromatic rings. The van der Waals surface area contributed by atoms with E-state index in [0.717, 1.165) is 56.7 Å². The fraction of sp³-hybridized carbons (Fsp3) is 0.933. The number of nitrogens with one attached hydrogen (secondary N) is 1. The third-order valence-electron chi connectivity index (χ3n) is 4.00. The summed E-state index contributed by atoms with van der Waals surface area (Å²) in [6, 6.07) is 0.140. The van der Waals surface area contributed by atoms with Gasteiger partial charge in [-0.3, -0.25) is 0 Å². The Morgan fingerprint density at radius 2 is 1.83 bits per heavy atom. The molecular formula is C15H30N2O. The van der Waals surface area contributed by atoms with Crippen LogP contribution in [0.2, 0.25) is 0 Å². The van der Waals surface area contributed by atoms with Gasteiger partial charge >= 0.3 is 6.03 Å². The predicted molar refractivity (Wildman–Crippen MR) is 76.6 cm³/mol. The number of likely N-dealkylation sites (tertiary alicyclic amines) is 1. The van der Waals surface area contributed by atoms with Crippen molar-refractivity contribution in [2.45, 2.75) is 53.4 Å². The zero-order valence-corrected chi connectivity index (χ0v) is 12.5. The molecule has 0 atom stereocenters. The highest BCUT2D eigenvalue weighted by Gasteiger charge is 2.24. The lowest BCUT2D eigenvalue weighted by Gasteiger charge is -2.33. The lowest BCUT2D eigenvalue weighted by Crippen LogP contribution is -2.45. The molecule has 0 radical (unpaired) electrons. The Morgan fingerprint density at radius 1 is 1.22 bits per heavy atom. The fourth-order valence-corrected chi connectivity index (χ4v) is 2.59. The molecule has 0 saturated carbocycles. The minimum absolute atomic E-state index is 0.140. The largest absolute Gasteiger partial charge is 0.338 e. The van der Waals surface area contributed by atoms with E-state index in [4.69, 9.17) is 0 Å². The van der Waals surface area contributed by atoms with Crippen molar-refractivity contribution in [2.24, 2.45) is 17.8 Å². The molecule has 3 heteroatoms. The molecule has 1 rings (SSSR count). The van der Waals surface area contributed by atoms with Crippen LogP contribution in [-0.2, 0) is 0 Å². The van der Waals surface area contributed by atoms with Crippen molar-refractivity contribution in [1.29, 1.82) is 0 Å². The molecule has 0 aromatic carbocycles. The third-order valence-corrected chi connectivity index (χ3v) is 4.00. The summed E-state index contributed by atoms with van der Waals surface area (Å²) in [4.78, 5) is 13.9. The molecule has 1 N–H and O–H groups in total. The van der Waals surface area contributed by atoms with Crippen LogP contribution in [0.25, 0.3) is 0 Å². The van der Waals surface area contributed by atoms with Crippen LogP contribution >= 0.6 is 0 Å². The number of rotatable bonds is 5. The first kappa shape index (κ1) is 15.3. The topological polar surface area (TPSA) is 32.3 Å². The molecule has 0 unspecified atom stereocenters. The maximum Gasteiger partial charge on any atom is 0.317 e. The van der Waals surface area contributed by atoms with Gasteiger partial charge in [0.2, 0.25) is 0 Å². The van der Waals surface area contributed by atoms with Gasteiger partial charge in [0.05, 0.1) is 0 Å². The number of hydrogen-bond donors (Lipinski definition) is 1. The van der Waals surface area contributed by atoms with E-state index in [1.165, 1.54) is 6.42 Å². The average Bonchev–Trinajstić information content (AvgIpc) is 2.34. The van der Waals surface area contributed by atoms with Gasteiger partial charge in [0, 0.05) is 19.6 Å². The quantitative estimate of drug-likeness (QED) is 0.748. The molecule has 0 bridgehead atoms. The van der Waals surface area contributed by atoms with Crippen molar-refractivity contribution < 1.29 is 4.79 Å². The van der Waals surface area contributed by atoms with Crippen molar-refractivity contribution in [3.05, 3.63) is 0 Å². The standard InChI is InChI=1S/C15H30N2O/c1-12(2)6-5-9-16-15(18)17-10-7-14(8-11-17)13(3)4/h12-14H,5-11H2,1-4H3,(H,16,18). The monoisotopic (exact) mass is 254 g/mol. The Bertz CT molecular complexity index is 243. The highest BCUT2D eigenvalue weighted by molar-refractivity contribution is 5.74. The fourth-order valence-electron chi connectivity index (χ4n) is 2.59.